The van der Waals surface area contributed by atoms with Crippen molar-refractivity contribution in [2.45, 2.75) is 6.92 Å². The molecule has 1 aliphatic rings. The number of hydrogen-bond acceptors (Lipinski definition) is 6. The molecule has 0 atom stereocenters. The molecule has 7 nitrogen and oxygen atoms in total. The van der Waals surface area contributed by atoms with Gasteiger partial charge in [-0.15, -0.1) is 0 Å². The highest BCUT2D eigenvalue weighted by Gasteiger charge is 2.14. The number of carbonyl (C=O) groups excluding carboxylic acids is 1. The summed E-state index contributed by atoms with van der Waals surface area (Å²) in [7, 11) is 0. The van der Waals surface area contributed by atoms with Gasteiger partial charge in [0.15, 0.2) is 11.5 Å². The van der Waals surface area contributed by atoms with Crippen LogP contribution in [0.5, 0.6) is 0 Å². The molecule has 0 spiro atoms. The van der Waals surface area contributed by atoms with Gasteiger partial charge in [0, 0.05) is 31.9 Å². The number of hydrogen-bond donors (Lipinski definition) is 1. The first-order valence-electron chi connectivity index (χ1n) is 8.16. The molecule has 2 aromatic heterocycles. The van der Waals surface area contributed by atoms with Crippen molar-refractivity contribution < 1.29 is 13.9 Å². The molecule has 0 aliphatic carbocycles. The van der Waals surface area contributed by atoms with E-state index in [-0.39, 0.29) is 5.91 Å². The maximum Gasteiger partial charge on any atom is 0.257 e. The molecule has 1 saturated heterocycles. The predicted molar refractivity (Wildman–Crippen MR) is 94.0 cm³/mol. The van der Waals surface area contributed by atoms with Crippen molar-refractivity contribution in [2.75, 3.05) is 36.5 Å². The molecule has 1 N–H and O–H groups in total. The number of anilines is 2. The Morgan fingerprint density at radius 1 is 1.20 bits per heavy atom. The van der Waals surface area contributed by atoms with Crippen LogP contribution in [0.3, 0.4) is 0 Å². The standard InChI is InChI=1S/C18H18N4O3/c1-12-20-15-10-14(3-4-16(15)25-12)21-18(23)13-2-5-17(19-11-13)22-6-8-24-9-7-22/h2-5,10-11H,6-9H2,1H3,(H,21,23). The first kappa shape index (κ1) is 15.6. The molecule has 0 saturated carbocycles. The average molecular weight is 338 g/mol. The molecule has 3 heterocycles. The number of aryl methyl sites for hydroxylation is 1. The van der Waals surface area contributed by atoms with E-state index >= 15 is 0 Å². The van der Waals surface area contributed by atoms with Crippen LogP contribution in [0, 0.1) is 6.92 Å². The van der Waals surface area contributed by atoms with Gasteiger partial charge < -0.3 is 19.4 Å². The number of rotatable bonds is 3. The molecule has 0 radical (unpaired) electrons. The first-order chi connectivity index (χ1) is 12.2. The Morgan fingerprint density at radius 2 is 2.04 bits per heavy atom. The van der Waals surface area contributed by atoms with Crippen LogP contribution in [0.2, 0.25) is 0 Å². The fourth-order valence-corrected chi connectivity index (χ4v) is 2.82. The highest BCUT2D eigenvalue weighted by Crippen LogP contribution is 2.20. The maximum absolute atomic E-state index is 12.4. The fourth-order valence-electron chi connectivity index (χ4n) is 2.82. The number of morpholine rings is 1. The van der Waals surface area contributed by atoms with E-state index in [1.807, 2.05) is 6.07 Å². The number of nitrogens with one attached hydrogen (secondary N) is 1. The normalized spacial score (nSPS) is 14.7. The number of oxazole rings is 1. The van der Waals surface area contributed by atoms with E-state index in [0.717, 1.165) is 24.4 Å². The minimum absolute atomic E-state index is 0.208. The second-order valence-corrected chi connectivity index (χ2v) is 5.87. The topological polar surface area (TPSA) is 80.5 Å². The van der Waals surface area contributed by atoms with Gasteiger partial charge in [-0.2, -0.15) is 0 Å². The summed E-state index contributed by atoms with van der Waals surface area (Å²) in [5.41, 5.74) is 2.60. The third-order valence-electron chi connectivity index (χ3n) is 4.10. The Labute approximate surface area is 144 Å². The molecule has 1 fully saturated rings. The molecule has 0 bridgehead atoms. The number of benzene rings is 1. The van der Waals surface area contributed by atoms with Crippen molar-refractivity contribution in [3.05, 3.63) is 48.0 Å². The molecular formula is C18H18N4O3. The van der Waals surface area contributed by atoms with Gasteiger partial charge in [0.05, 0.1) is 18.8 Å². The maximum atomic E-state index is 12.4. The van der Waals surface area contributed by atoms with Gasteiger partial charge in [-0.05, 0) is 30.3 Å². The van der Waals surface area contributed by atoms with Crippen molar-refractivity contribution in [3.63, 3.8) is 0 Å². The lowest BCUT2D eigenvalue weighted by molar-refractivity contribution is 0.102. The average Bonchev–Trinajstić information content (AvgIpc) is 3.02. The summed E-state index contributed by atoms with van der Waals surface area (Å²) in [6.45, 7) is 4.83. The third kappa shape index (κ3) is 3.32. The second-order valence-electron chi connectivity index (χ2n) is 5.87. The van der Waals surface area contributed by atoms with Crippen LogP contribution < -0.4 is 10.2 Å². The number of carbonyl (C=O) groups is 1. The highest BCUT2D eigenvalue weighted by atomic mass is 16.5. The summed E-state index contributed by atoms with van der Waals surface area (Å²) >= 11 is 0. The molecule has 3 aromatic rings. The van der Waals surface area contributed by atoms with E-state index in [4.69, 9.17) is 9.15 Å². The first-order valence-corrected chi connectivity index (χ1v) is 8.16. The Bertz CT molecular complexity index is 898. The van der Waals surface area contributed by atoms with Crippen molar-refractivity contribution in [1.29, 1.82) is 0 Å². The van der Waals surface area contributed by atoms with E-state index in [1.165, 1.54) is 0 Å². The highest BCUT2D eigenvalue weighted by molar-refractivity contribution is 6.04. The third-order valence-corrected chi connectivity index (χ3v) is 4.10. The molecular weight excluding hydrogens is 320 g/mol. The molecule has 1 aromatic carbocycles. The second kappa shape index (κ2) is 6.52. The summed E-state index contributed by atoms with van der Waals surface area (Å²) in [4.78, 5) is 23.2. The number of ether oxygens (including phenoxy) is 1. The monoisotopic (exact) mass is 338 g/mol. The van der Waals surface area contributed by atoms with Crippen molar-refractivity contribution in [1.82, 2.24) is 9.97 Å². The van der Waals surface area contributed by atoms with Crippen molar-refractivity contribution in [3.8, 4) is 0 Å². The zero-order valence-corrected chi connectivity index (χ0v) is 13.9. The van der Waals surface area contributed by atoms with E-state index in [9.17, 15) is 4.79 Å². The molecule has 4 rings (SSSR count). The van der Waals surface area contributed by atoms with Crippen LogP contribution in [-0.2, 0) is 4.74 Å². The van der Waals surface area contributed by atoms with Gasteiger partial charge in [0.25, 0.3) is 5.91 Å². The van der Waals surface area contributed by atoms with Crippen LogP contribution in [-0.4, -0.2) is 42.2 Å². The van der Waals surface area contributed by atoms with E-state index in [0.29, 0.717) is 35.9 Å². The predicted octanol–water partition coefficient (Wildman–Crippen LogP) is 2.62. The van der Waals surface area contributed by atoms with Gasteiger partial charge in [-0.3, -0.25) is 4.79 Å². The van der Waals surface area contributed by atoms with Crippen LogP contribution in [0.1, 0.15) is 16.2 Å². The van der Waals surface area contributed by atoms with Crippen molar-refractivity contribution in [2.24, 2.45) is 0 Å². The minimum Gasteiger partial charge on any atom is -0.441 e. The molecule has 1 aliphatic heterocycles. The zero-order valence-electron chi connectivity index (χ0n) is 13.9. The number of pyridine rings is 1. The molecule has 7 heteroatoms. The SMILES string of the molecule is Cc1nc2cc(NC(=O)c3ccc(N4CCOCC4)nc3)ccc2o1. The number of aromatic nitrogens is 2. The summed E-state index contributed by atoms with van der Waals surface area (Å²) in [6.07, 6.45) is 1.60. The quantitative estimate of drug-likeness (QED) is 0.791. The lowest BCUT2D eigenvalue weighted by Gasteiger charge is -2.27. The van der Waals surface area contributed by atoms with Crippen LogP contribution in [0.15, 0.2) is 40.9 Å². The van der Waals surface area contributed by atoms with E-state index in [2.05, 4.69) is 20.2 Å². The molecule has 128 valence electrons. The lowest BCUT2D eigenvalue weighted by Crippen LogP contribution is -2.36. The van der Waals surface area contributed by atoms with Crippen LogP contribution in [0.4, 0.5) is 11.5 Å². The molecule has 25 heavy (non-hydrogen) atoms. The Hall–Kier alpha value is -2.93. The Kier molecular flexibility index (Phi) is 4.07. The number of fused-ring (bicyclic) bond motifs is 1. The Morgan fingerprint density at radius 3 is 2.80 bits per heavy atom. The van der Waals surface area contributed by atoms with Gasteiger partial charge in [-0.25, -0.2) is 9.97 Å². The lowest BCUT2D eigenvalue weighted by atomic mass is 10.2. The summed E-state index contributed by atoms with van der Waals surface area (Å²) in [6, 6.07) is 9.03. The fraction of sp³-hybridized carbons (Fsp3) is 0.278. The summed E-state index contributed by atoms with van der Waals surface area (Å²) < 4.78 is 10.8. The number of nitrogens with zero attached hydrogens (tertiary/aromatic N) is 3. The van der Waals surface area contributed by atoms with Gasteiger partial charge in [0.1, 0.15) is 11.3 Å². The van der Waals surface area contributed by atoms with E-state index in [1.54, 1.807) is 37.4 Å². The van der Waals surface area contributed by atoms with Crippen molar-refractivity contribution >= 4 is 28.5 Å². The Balaban J connectivity index is 1.47. The largest absolute Gasteiger partial charge is 0.441 e. The molecule has 0 unspecified atom stereocenters. The van der Waals surface area contributed by atoms with Crippen LogP contribution >= 0.6 is 0 Å². The minimum atomic E-state index is -0.208. The van der Waals surface area contributed by atoms with Gasteiger partial charge in [-0.1, -0.05) is 0 Å². The summed E-state index contributed by atoms with van der Waals surface area (Å²) in [5.74, 6) is 1.25. The smallest absolute Gasteiger partial charge is 0.257 e. The van der Waals surface area contributed by atoms with Gasteiger partial charge >= 0.3 is 0 Å². The molecule has 1 amide bonds. The number of amides is 1. The van der Waals surface area contributed by atoms with E-state index < -0.39 is 0 Å². The van der Waals surface area contributed by atoms with Gasteiger partial charge in [0.2, 0.25) is 0 Å². The zero-order chi connectivity index (χ0) is 17.2. The summed E-state index contributed by atoms with van der Waals surface area (Å²) in [5, 5.41) is 2.86. The van der Waals surface area contributed by atoms with Crippen LogP contribution in [0.25, 0.3) is 11.1 Å².